The van der Waals surface area contributed by atoms with Crippen LogP contribution in [0.4, 0.5) is 5.69 Å². The second-order valence-corrected chi connectivity index (χ2v) is 5.23. The van der Waals surface area contributed by atoms with E-state index < -0.39 is 0 Å². The van der Waals surface area contributed by atoms with E-state index in [1.807, 2.05) is 19.2 Å². The fourth-order valence-electron chi connectivity index (χ4n) is 2.66. The number of rotatable bonds is 3. The summed E-state index contributed by atoms with van der Waals surface area (Å²) < 4.78 is 10.8. The van der Waals surface area contributed by atoms with Crippen LogP contribution in [0.2, 0.25) is 0 Å². The monoisotopic (exact) mass is 262 g/mol. The molecule has 1 aromatic carbocycles. The molecular formula is C14H18N2O3. The lowest BCUT2D eigenvalue weighted by Gasteiger charge is -2.42. The number of nitrogens with one attached hydrogen (secondary N) is 1. The van der Waals surface area contributed by atoms with Gasteiger partial charge in [-0.15, -0.1) is 0 Å². The maximum absolute atomic E-state index is 11.7. The molecule has 0 spiro atoms. The van der Waals surface area contributed by atoms with E-state index in [1.54, 1.807) is 11.9 Å². The number of ether oxygens (including phenoxy) is 2. The molecule has 0 atom stereocenters. The zero-order chi connectivity index (χ0) is 13.5. The fraction of sp³-hybridized carbons (Fsp3) is 0.500. The molecule has 3 rings (SSSR count). The Morgan fingerprint density at radius 2 is 2.21 bits per heavy atom. The van der Waals surface area contributed by atoms with Crippen molar-refractivity contribution in [1.82, 2.24) is 5.32 Å². The highest BCUT2D eigenvalue weighted by Crippen LogP contribution is 2.38. The zero-order valence-electron chi connectivity index (χ0n) is 11.2. The number of nitrogens with zero attached hydrogens (tertiary/aromatic N) is 1. The summed E-state index contributed by atoms with van der Waals surface area (Å²) in [5.74, 6) is 0.753. The summed E-state index contributed by atoms with van der Waals surface area (Å²) in [4.78, 5) is 13.4. The van der Waals surface area contributed by atoms with Gasteiger partial charge in [0.15, 0.2) is 6.61 Å². The van der Waals surface area contributed by atoms with Crippen molar-refractivity contribution < 1.29 is 14.3 Å². The van der Waals surface area contributed by atoms with Crippen LogP contribution in [0.15, 0.2) is 18.2 Å². The third-order valence-corrected chi connectivity index (χ3v) is 3.93. The number of anilines is 1. The number of amides is 1. The summed E-state index contributed by atoms with van der Waals surface area (Å²) in [5, 5.41) is 3.22. The first-order valence-electron chi connectivity index (χ1n) is 6.42. The summed E-state index contributed by atoms with van der Waals surface area (Å²) in [6.07, 6.45) is 0. The molecule has 0 aromatic heterocycles. The van der Waals surface area contributed by atoms with Crippen molar-refractivity contribution in [2.75, 3.05) is 45.4 Å². The molecule has 0 unspecified atom stereocenters. The van der Waals surface area contributed by atoms with Crippen LogP contribution in [0.1, 0.15) is 5.56 Å². The highest BCUT2D eigenvalue weighted by atomic mass is 16.5. The van der Waals surface area contributed by atoms with Gasteiger partial charge in [0.2, 0.25) is 0 Å². The number of carbonyl (C=O) groups excluding carboxylic acids is 1. The van der Waals surface area contributed by atoms with Crippen LogP contribution in [0.25, 0.3) is 0 Å². The highest BCUT2D eigenvalue weighted by Gasteiger charge is 2.40. The van der Waals surface area contributed by atoms with Crippen molar-refractivity contribution in [3.05, 3.63) is 23.8 Å². The molecule has 1 aromatic rings. The molecule has 2 heterocycles. The molecule has 102 valence electrons. The van der Waals surface area contributed by atoms with Gasteiger partial charge in [0.1, 0.15) is 5.75 Å². The minimum absolute atomic E-state index is 0.0165. The molecule has 0 bridgehead atoms. The topological polar surface area (TPSA) is 50.8 Å². The van der Waals surface area contributed by atoms with Gasteiger partial charge < -0.3 is 19.7 Å². The second-order valence-electron chi connectivity index (χ2n) is 5.23. The fourth-order valence-corrected chi connectivity index (χ4v) is 2.66. The lowest BCUT2D eigenvalue weighted by atomic mass is 9.78. The molecule has 2 aliphatic heterocycles. The lowest BCUT2D eigenvalue weighted by Crippen LogP contribution is -2.53. The van der Waals surface area contributed by atoms with Crippen LogP contribution < -0.4 is 15.0 Å². The zero-order valence-corrected chi connectivity index (χ0v) is 11.2. The SMILES string of the molecule is CNCC1(c2ccc3c(c2)N(C)C(=O)CO3)COC1. The van der Waals surface area contributed by atoms with Gasteiger partial charge in [-0.1, -0.05) is 6.07 Å². The second kappa shape index (κ2) is 4.51. The molecule has 5 heteroatoms. The van der Waals surface area contributed by atoms with Crippen LogP contribution in [0.5, 0.6) is 5.75 Å². The van der Waals surface area contributed by atoms with Gasteiger partial charge in [-0.05, 0) is 24.7 Å². The average Bonchev–Trinajstić information content (AvgIpc) is 2.38. The van der Waals surface area contributed by atoms with Crippen molar-refractivity contribution in [2.24, 2.45) is 0 Å². The van der Waals surface area contributed by atoms with Gasteiger partial charge in [0.25, 0.3) is 5.91 Å². The van der Waals surface area contributed by atoms with Crippen molar-refractivity contribution in [3.63, 3.8) is 0 Å². The van der Waals surface area contributed by atoms with Crippen LogP contribution in [0, 0.1) is 0 Å². The molecule has 1 saturated heterocycles. The Balaban J connectivity index is 1.98. The Morgan fingerprint density at radius 1 is 1.42 bits per heavy atom. The number of benzene rings is 1. The maximum Gasteiger partial charge on any atom is 0.264 e. The molecule has 1 fully saturated rings. The third kappa shape index (κ3) is 1.89. The first kappa shape index (κ1) is 12.4. The Labute approximate surface area is 112 Å². The van der Waals surface area contributed by atoms with Crippen molar-refractivity contribution in [3.8, 4) is 5.75 Å². The van der Waals surface area contributed by atoms with Gasteiger partial charge in [-0.3, -0.25) is 4.79 Å². The quantitative estimate of drug-likeness (QED) is 0.863. The predicted octanol–water partition coefficient (Wildman–Crippen LogP) is 0.529. The summed E-state index contributed by atoms with van der Waals surface area (Å²) in [7, 11) is 3.73. The number of carbonyl (C=O) groups is 1. The molecule has 0 saturated carbocycles. The Hall–Kier alpha value is -1.59. The first-order chi connectivity index (χ1) is 9.16. The van der Waals surface area contributed by atoms with E-state index in [-0.39, 0.29) is 17.9 Å². The number of likely N-dealkylation sites (N-methyl/N-ethyl adjacent to an activating group) is 2. The first-order valence-corrected chi connectivity index (χ1v) is 6.42. The number of hydrogen-bond acceptors (Lipinski definition) is 4. The summed E-state index contributed by atoms with van der Waals surface area (Å²) in [6.45, 7) is 2.41. The van der Waals surface area contributed by atoms with Crippen LogP contribution in [-0.4, -0.2) is 46.4 Å². The van der Waals surface area contributed by atoms with E-state index in [4.69, 9.17) is 9.47 Å². The minimum atomic E-state index is -0.0165. The van der Waals surface area contributed by atoms with Crippen LogP contribution >= 0.6 is 0 Å². The Bertz CT molecular complexity index is 511. The molecule has 0 aliphatic carbocycles. The van der Waals surface area contributed by atoms with Crippen LogP contribution in [-0.2, 0) is 14.9 Å². The molecule has 5 nitrogen and oxygen atoms in total. The molecular weight excluding hydrogens is 244 g/mol. The largest absolute Gasteiger partial charge is 0.482 e. The average molecular weight is 262 g/mol. The molecule has 2 aliphatic rings. The Morgan fingerprint density at radius 3 is 2.84 bits per heavy atom. The third-order valence-electron chi connectivity index (χ3n) is 3.93. The van der Waals surface area contributed by atoms with Gasteiger partial charge in [-0.2, -0.15) is 0 Å². The number of fused-ring (bicyclic) bond motifs is 1. The summed E-state index contributed by atoms with van der Waals surface area (Å²) >= 11 is 0. The predicted molar refractivity (Wildman–Crippen MR) is 71.8 cm³/mol. The number of hydrogen-bond donors (Lipinski definition) is 1. The van der Waals surface area contributed by atoms with E-state index in [9.17, 15) is 4.79 Å². The molecule has 1 amide bonds. The van der Waals surface area contributed by atoms with E-state index in [2.05, 4.69) is 11.4 Å². The van der Waals surface area contributed by atoms with Crippen molar-refractivity contribution >= 4 is 11.6 Å². The van der Waals surface area contributed by atoms with E-state index in [1.165, 1.54) is 5.56 Å². The van der Waals surface area contributed by atoms with Gasteiger partial charge in [0.05, 0.1) is 24.3 Å². The highest BCUT2D eigenvalue weighted by molar-refractivity contribution is 5.97. The van der Waals surface area contributed by atoms with Gasteiger partial charge in [-0.25, -0.2) is 0 Å². The molecule has 0 radical (unpaired) electrons. The van der Waals surface area contributed by atoms with Crippen molar-refractivity contribution in [1.29, 1.82) is 0 Å². The smallest absolute Gasteiger partial charge is 0.264 e. The summed E-state index contributed by atoms with van der Waals surface area (Å²) in [5.41, 5.74) is 2.05. The molecule has 1 N–H and O–H groups in total. The molecule has 19 heavy (non-hydrogen) atoms. The van der Waals surface area contributed by atoms with Crippen LogP contribution in [0.3, 0.4) is 0 Å². The summed E-state index contributed by atoms with van der Waals surface area (Å²) in [6, 6.07) is 6.07. The van der Waals surface area contributed by atoms with E-state index >= 15 is 0 Å². The van der Waals surface area contributed by atoms with Gasteiger partial charge >= 0.3 is 0 Å². The van der Waals surface area contributed by atoms with E-state index in [0.717, 1.165) is 18.0 Å². The lowest BCUT2D eigenvalue weighted by molar-refractivity contribution is -0.120. The van der Waals surface area contributed by atoms with E-state index in [0.29, 0.717) is 13.2 Å². The van der Waals surface area contributed by atoms with Gasteiger partial charge in [0, 0.05) is 13.6 Å². The standard InChI is InChI=1S/C14H18N2O3/c1-15-7-14(8-18-9-14)10-3-4-12-11(5-10)16(2)13(17)6-19-12/h3-5,15H,6-9H2,1-2H3. The van der Waals surface area contributed by atoms with Crippen molar-refractivity contribution in [2.45, 2.75) is 5.41 Å². The normalized spacial score (nSPS) is 20.5. The Kier molecular flexibility index (Phi) is 2.95. The minimum Gasteiger partial charge on any atom is -0.482 e. The maximum atomic E-state index is 11.7.